The molecule has 0 aromatic heterocycles. The Morgan fingerprint density at radius 2 is 2.29 bits per heavy atom. The number of nitrogens with zero attached hydrogens (tertiary/aromatic N) is 1. The Hall–Kier alpha value is -1.49. The van der Waals surface area contributed by atoms with E-state index in [9.17, 15) is 5.26 Å². The lowest BCUT2D eigenvalue weighted by atomic mass is 9.82. The molecule has 3 rings (SSSR count). The molecule has 0 amide bonds. The standard InChI is InChI=1S/C15H18N2/c1-11-3-2-4-14(7-11)17-15(10-16)9-12-5-6-13(15)8-12/h2-4,7,12-13,17H,5-6,8-9H2,1H3. The van der Waals surface area contributed by atoms with Gasteiger partial charge in [-0.2, -0.15) is 5.26 Å². The fourth-order valence-corrected chi connectivity index (χ4v) is 3.63. The van der Waals surface area contributed by atoms with Crippen LogP contribution < -0.4 is 5.32 Å². The maximum absolute atomic E-state index is 9.56. The molecule has 1 aromatic rings. The number of anilines is 1. The lowest BCUT2D eigenvalue weighted by molar-refractivity contribution is 0.368. The van der Waals surface area contributed by atoms with Gasteiger partial charge in [0.15, 0.2) is 0 Å². The summed E-state index contributed by atoms with van der Waals surface area (Å²) in [6.45, 7) is 2.09. The van der Waals surface area contributed by atoms with Crippen molar-refractivity contribution in [3.63, 3.8) is 0 Å². The third-order valence-corrected chi connectivity index (χ3v) is 4.43. The Bertz CT molecular complexity index is 474. The van der Waals surface area contributed by atoms with Crippen molar-refractivity contribution in [2.45, 2.75) is 38.1 Å². The minimum Gasteiger partial charge on any atom is -0.367 e. The van der Waals surface area contributed by atoms with E-state index in [2.05, 4.69) is 42.6 Å². The van der Waals surface area contributed by atoms with Crippen molar-refractivity contribution in [2.24, 2.45) is 11.8 Å². The van der Waals surface area contributed by atoms with E-state index in [1.54, 1.807) is 0 Å². The summed E-state index contributed by atoms with van der Waals surface area (Å²) < 4.78 is 0. The van der Waals surface area contributed by atoms with E-state index in [4.69, 9.17) is 0 Å². The highest BCUT2D eigenvalue weighted by molar-refractivity contribution is 5.50. The quantitative estimate of drug-likeness (QED) is 0.838. The van der Waals surface area contributed by atoms with Crippen LogP contribution in [0.25, 0.3) is 0 Å². The second-order valence-electron chi connectivity index (χ2n) is 5.66. The van der Waals surface area contributed by atoms with Crippen LogP contribution in [0.2, 0.25) is 0 Å². The van der Waals surface area contributed by atoms with Gasteiger partial charge in [0.05, 0.1) is 6.07 Å². The van der Waals surface area contributed by atoms with Gasteiger partial charge in [0.1, 0.15) is 5.54 Å². The van der Waals surface area contributed by atoms with Crippen LogP contribution in [0.4, 0.5) is 5.69 Å². The Morgan fingerprint density at radius 1 is 1.41 bits per heavy atom. The van der Waals surface area contributed by atoms with Crippen LogP contribution in [0.3, 0.4) is 0 Å². The van der Waals surface area contributed by atoms with Crippen LogP contribution in [-0.4, -0.2) is 5.54 Å². The number of fused-ring (bicyclic) bond motifs is 2. The maximum Gasteiger partial charge on any atom is 0.128 e. The molecule has 3 atom stereocenters. The van der Waals surface area contributed by atoms with Gasteiger partial charge >= 0.3 is 0 Å². The highest BCUT2D eigenvalue weighted by atomic mass is 15.0. The topological polar surface area (TPSA) is 35.8 Å². The van der Waals surface area contributed by atoms with Gasteiger partial charge in [-0.3, -0.25) is 0 Å². The van der Waals surface area contributed by atoms with Gasteiger partial charge in [-0.1, -0.05) is 12.1 Å². The summed E-state index contributed by atoms with van der Waals surface area (Å²) in [7, 11) is 0. The number of benzene rings is 1. The maximum atomic E-state index is 9.56. The molecule has 2 aliphatic rings. The lowest BCUT2D eigenvalue weighted by Crippen LogP contribution is -2.41. The summed E-state index contributed by atoms with van der Waals surface area (Å²) in [6, 6.07) is 10.9. The fourth-order valence-electron chi connectivity index (χ4n) is 3.63. The molecule has 0 spiro atoms. The van der Waals surface area contributed by atoms with Crippen LogP contribution in [0.15, 0.2) is 24.3 Å². The summed E-state index contributed by atoms with van der Waals surface area (Å²) in [5.74, 6) is 1.33. The minimum absolute atomic E-state index is 0.295. The normalized spacial score (nSPS) is 34.6. The summed E-state index contributed by atoms with van der Waals surface area (Å²) in [5, 5.41) is 13.1. The SMILES string of the molecule is Cc1cccc(NC2(C#N)CC3CCC2C3)c1. The Kier molecular flexibility index (Phi) is 2.36. The monoisotopic (exact) mass is 226 g/mol. The van der Waals surface area contributed by atoms with Crippen molar-refractivity contribution in [2.75, 3.05) is 5.32 Å². The zero-order valence-electron chi connectivity index (χ0n) is 10.2. The first kappa shape index (κ1) is 10.7. The molecule has 2 saturated carbocycles. The van der Waals surface area contributed by atoms with Crippen molar-refractivity contribution >= 4 is 5.69 Å². The molecule has 0 radical (unpaired) electrons. The van der Waals surface area contributed by atoms with Crippen molar-refractivity contribution in [3.8, 4) is 6.07 Å². The summed E-state index contributed by atoms with van der Waals surface area (Å²) in [6.07, 6.45) is 4.81. The average molecular weight is 226 g/mol. The van der Waals surface area contributed by atoms with E-state index >= 15 is 0 Å². The van der Waals surface area contributed by atoms with Crippen LogP contribution in [0.5, 0.6) is 0 Å². The van der Waals surface area contributed by atoms with Gasteiger partial charge in [0.2, 0.25) is 0 Å². The fraction of sp³-hybridized carbons (Fsp3) is 0.533. The van der Waals surface area contributed by atoms with Crippen LogP contribution in [-0.2, 0) is 0 Å². The first-order valence-electron chi connectivity index (χ1n) is 6.48. The zero-order valence-corrected chi connectivity index (χ0v) is 10.2. The number of nitriles is 1. The van der Waals surface area contributed by atoms with E-state index in [0.717, 1.165) is 18.0 Å². The molecule has 0 saturated heterocycles. The zero-order chi connectivity index (χ0) is 11.9. The van der Waals surface area contributed by atoms with E-state index in [1.165, 1.54) is 24.8 Å². The smallest absolute Gasteiger partial charge is 0.128 e. The number of hydrogen-bond acceptors (Lipinski definition) is 2. The third kappa shape index (κ3) is 1.70. The van der Waals surface area contributed by atoms with Crippen LogP contribution >= 0.6 is 0 Å². The number of nitrogens with one attached hydrogen (secondary N) is 1. The van der Waals surface area contributed by atoms with Crippen molar-refractivity contribution in [3.05, 3.63) is 29.8 Å². The van der Waals surface area contributed by atoms with E-state index in [0.29, 0.717) is 5.92 Å². The molecule has 88 valence electrons. The summed E-state index contributed by atoms with van der Waals surface area (Å²) in [5.41, 5.74) is 2.04. The van der Waals surface area contributed by atoms with Crippen LogP contribution in [0, 0.1) is 30.1 Å². The Morgan fingerprint density at radius 3 is 2.88 bits per heavy atom. The average Bonchev–Trinajstić information content (AvgIpc) is 2.89. The van der Waals surface area contributed by atoms with Gasteiger partial charge in [-0.25, -0.2) is 0 Å². The minimum atomic E-state index is -0.295. The third-order valence-electron chi connectivity index (χ3n) is 4.43. The van der Waals surface area contributed by atoms with Crippen molar-refractivity contribution in [1.82, 2.24) is 0 Å². The van der Waals surface area contributed by atoms with Crippen molar-refractivity contribution < 1.29 is 0 Å². The largest absolute Gasteiger partial charge is 0.367 e. The summed E-state index contributed by atoms with van der Waals surface area (Å²) >= 11 is 0. The molecule has 1 N–H and O–H groups in total. The van der Waals surface area contributed by atoms with E-state index in [-0.39, 0.29) is 5.54 Å². The van der Waals surface area contributed by atoms with Crippen molar-refractivity contribution in [1.29, 1.82) is 5.26 Å². The molecule has 2 nitrogen and oxygen atoms in total. The van der Waals surface area contributed by atoms with Gasteiger partial charge in [0, 0.05) is 5.69 Å². The predicted octanol–water partition coefficient (Wildman–Crippen LogP) is 3.49. The number of aryl methyl sites for hydroxylation is 1. The molecule has 0 heterocycles. The van der Waals surface area contributed by atoms with Gasteiger partial charge in [-0.05, 0) is 62.1 Å². The van der Waals surface area contributed by atoms with E-state index < -0.39 is 0 Å². The lowest BCUT2D eigenvalue weighted by Gasteiger charge is -2.33. The molecule has 2 bridgehead atoms. The first-order valence-corrected chi connectivity index (χ1v) is 6.48. The summed E-state index contributed by atoms with van der Waals surface area (Å²) in [4.78, 5) is 0. The molecular weight excluding hydrogens is 208 g/mol. The highest BCUT2D eigenvalue weighted by Crippen LogP contribution is 2.51. The second kappa shape index (κ2) is 3.77. The number of rotatable bonds is 2. The van der Waals surface area contributed by atoms with Crippen LogP contribution in [0.1, 0.15) is 31.2 Å². The molecular formula is C15H18N2. The molecule has 3 unspecified atom stereocenters. The first-order chi connectivity index (χ1) is 8.22. The molecule has 2 aliphatic carbocycles. The Balaban J connectivity index is 1.86. The van der Waals surface area contributed by atoms with Gasteiger partial charge in [-0.15, -0.1) is 0 Å². The molecule has 2 heteroatoms. The molecule has 17 heavy (non-hydrogen) atoms. The molecule has 2 fully saturated rings. The highest BCUT2D eigenvalue weighted by Gasteiger charge is 2.51. The molecule has 0 aliphatic heterocycles. The number of hydrogen-bond donors (Lipinski definition) is 1. The van der Waals surface area contributed by atoms with E-state index in [1.807, 2.05) is 0 Å². The Labute approximate surface area is 103 Å². The van der Waals surface area contributed by atoms with Gasteiger partial charge < -0.3 is 5.32 Å². The molecule has 1 aromatic carbocycles. The van der Waals surface area contributed by atoms with Gasteiger partial charge in [0.25, 0.3) is 0 Å². The second-order valence-corrected chi connectivity index (χ2v) is 5.66. The predicted molar refractivity (Wildman–Crippen MR) is 68.6 cm³/mol.